The zero-order valence-electron chi connectivity index (χ0n) is 4.37. The van der Waals surface area contributed by atoms with Gasteiger partial charge in [0.2, 0.25) is 0 Å². The summed E-state index contributed by atoms with van der Waals surface area (Å²) in [6.45, 7) is 0. The summed E-state index contributed by atoms with van der Waals surface area (Å²) in [4.78, 5) is 0. The van der Waals surface area contributed by atoms with E-state index in [1.54, 1.807) is 0 Å². The number of rotatable bonds is 0. The van der Waals surface area contributed by atoms with E-state index in [0.717, 1.165) is 0 Å². The van der Waals surface area contributed by atoms with Gasteiger partial charge in [-0.3, -0.25) is 8.42 Å². The van der Waals surface area contributed by atoms with E-state index in [-0.39, 0.29) is 29.1 Å². The van der Waals surface area contributed by atoms with E-state index < -0.39 is 10.4 Å². The Morgan fingerprint density at radius 3 is 1.00 bits per heavy atom. The topological polar surface area (TPSA) is 153 Å². The van der Waals surface area contributed by atoms with Crippen molar-refractivity contribution in [2.45, 2.75) is 0 Å². The third kappa shape index (κ3) is 2010. The molecule has 6 nitrogen and oxygen atoms in total. The SMILES string of the molecule is O=S(=O)([O-])[O-].[Co].[NH4+].[NH4+]. The van der Waals surface area contributed by atoms with Gasteiger partial charge in [-0.05, 0) is 0 Å². The van der Waals surface area contributed by atoms with E-state index in [2.05, 4.69) is 0 Å². The van der Waals surface area contributed by atoms with E-state index >= 15 is 0 Å². The molecule has 0 aromatic carbocycles. The van der Waals surface area contributed by atoms with Crippen LogP contribution < -0.4 is 12.3 Å². The van der Waals surface area contributed by atoms with Gasteiger partial charge in [-0.25, -0.2) is 0 Å². The Morgan fingerprint density at radius 2 is 1.00 bits per heavy atom. The first-order valence-electron chi connectivity index (χ1n) is 0.667. The minimum atomic E-state index is -5.17. The van der Waals surface area contributed by atoms with E-state index in [0.29, 0.717) is 0 Å². The van der Waals surface area contributed by atoms with Crippen molar-refractivity contribution >= 4 is 10.4 Å². The first-order valence-corrected chi connectivity index (χ1v) is 2.00. The van der Waals surface area contributed by atoms with Gasteiger partial charge in [0.25, 0.3) is 0 Å². The fraction of sp³-hybridized carbons (Fsp3) is 0. The van der Waals surface area contributed by atoms with Crippen LogP contribution in [-0.4, -0.2) is 17.5 Å². The predicted octanol–water partition coefficient (Wildman–Crippen LogP) is -0.588. The van der Waals surface area contributed by atoms with E-state index in [1.165, 1.54) is 0 Å². The zero-order chi connectivity index (χ0) is 4.50. The average molecular weight is 191 g/mol. The van der Waals surface area contributed by atoms with Gasteiger partial charge in [0.1, 0.15) is 0 Å². The zero-order valence-corrected chi connectivity index (χ0v) is 6.23. The average Bonchev–Trinajstić information content (AvgIpc) is 0.722. The monoisotopic (exact) mass is 191 g/mol. The van der Waals surface area contributed by atoms with E-state index in [1.807, 2.05) is 0 Å². The third-order valence-electron chi connectivity index (χ3n) is 0. The van der Waals surface area contributed by atoms with Gasteiger partial charge < -0.3 is 21.4 Å². The van der Waals surface area contributed by atoms with Crippen molar-refractivity contribution in [1.29, 1.82) is 0 Å². The molecule has 8 heavy (non-hydrogen) atoms. The molecule has 0 saturated heterocycles. The van der Waals surface area contributed by atoms with Crippen LogP contribution in [-0.2, 0) is 27.2 Å². The van der Waals surface area contributed by atoms with Crippen molar-refractivity contribution in [2.75, 3.05) is 0 Å². The molecule has 0 aromatic heterocycles. The molecule has 0 unspecified atom stereocenters. The van der Waals surface area contributed by atoms with Crippen molar-refractivity contribution in [1.82, 2.24) is 12.3 Å². The Morgan fingerprint density at radius 1 is 1.00 bits per heavy atom. The van der Waals surface area contributed by atoms with Crippen LogP contribution in [0.1, 0.15) is 0 Å². The first-order chi connectivity index (χ1) is 2.00. The van der Waals surface area contributed by atoms with Crippen LogP contribution in [0.15, 0.2) is 0 Å². The van der Waals surface area contributed by atoms with Crippen LogP contribution in [0.5, 0.6) is 0 Å². The molecule has 0 rings (SSSR count). The van der Waals surface area contributed by atoms with E-state index in [9.17, 15) is 0 Å². The maximum atomic E-state index is 8.52. The van der Waals surface area contributed by atoms with Crippen LogP contribution in [0.2, 0.25) is 0 Å². The Hall–Kier alpha value is 0.296. The second kappa shape index (κ2) is 7.30. The Kier molecular flexibility index (Phi) is 21.8. The van der Waals surface area contributed by atoms with Crippen LogP contribution >= 0.6 is 0 Å². The minimum Gasteiger partial charge on any atom is -0.759 e. The molecule has 1 radical (unpaired) electrons. The molecule has 0 aliphatic heterocycles. The van der Waals surface area contributed by atoms with Gasteiger partial charge in [-0.15, -0.1) is 0 Å². The number of hydrogen-bond donors (Lipinski definition) is 2. The summed E-state index contributed by atoms with van der Waals surface area (Å²) in [7, 11) is -5.17. The summed E-state index contributed by atoms with van der Waals surface area (Å²) in [6, 6.07) is 0. The maximum absolute atomic E-state index is 8.52. The predicted molar refractivity (Wildman–Crippen MR) is 22.4 cm³/mol. The normalized spacial score (nSPS) is 7.25. The number of hydrogen-bond acceptors (Lipinski definition) is 4. The van der Waals surface area contributed by atoms with Gasteiger partial charge in [0.05, 0.1) is 0 Å². The second-order valence-corrected chi connectivity index (χ2v) is 1.22. The molecule has 8 heteroatoms. The molecule has 0 heterocycles. The molecule has 0 bridgehead atoms. The third-order valence-corrected chi connectivity index (χ3v) is 0. The molecule has 57 valence electrons. The summed E-state index contributed by atoms with van der Waals surface area (Å²) in [6.07, 6.45) is 0. The standard InChI is InChI=1S/Co.2H3N.H2O4S/c;;;1-5(2,3)4/h;2*1H3;(H2,1,2,3,4). The molecule has 0 atom stereocenters. The fourth-order valence-electron chi connectivity index (χ4n) is 0. The molecule has 0 spiro atoms. The molecule has 0 aromatic rings. The summed E-state index contributed by atoms with van der Waals surface area (Å²) in [5.41, 5.74) is 0. The molecular weight excluding hydrogens is 183 g/mol. The maximum Gasteiger partial charge on any atom is 0.0311 e. The largest absolute Gasteiger partial charge is 0.759 e. The molecule has 0 fully saturated rings. The quantitative estimate of drug-likeness (QED) is 0.387. The first kappa shape index (κ1) is 23.9. The molecular formula is H8CoN2O4S. The van der Waals surface area contributed by atoms with Crippen molar-refractivity contribution in [3.63, 3.8) is 0 Å². The number of quaternary nitrogens is 2. The Balaban J connectivity index is -0.0000000267. The van der Waals surface area contributed by atoms with Gasteiger partial charge in [0, 0.05) is 27.2 Å². The van der Waals surface area contributed by atoms with Crippen LogP contribution in [0.25, 0.3) is 0 Å². The van der Waals surface area contributed by atoms with Gasteiger partial charge in [0.15, 0.2) is 0 Å². The summed E-state index contributed by atoms with van der Waals surface area (Å²) in [5.74, 6) is 0. The fourth-order valence-corrected chi connectivity index (χ4v) is 0. The van der Waals surface area contributed by atoms with Gasteiger partial charge in [-0.2, -0.15) is 0 Å². The molecule has 0 aliphatic rings. The van der Waals surface area contributed by atoms with E-state index in [4.69, 9.17) is 17.5 Å². The smallest absolute Gasteiger partial charge is 0.0311 e. The van der Waals surface area contributed by atoms with Crippen molar-refractivity contribution in [3.05, 3.63) is 0 Å². The van der Waals surface area contributed by atoms with Crippen molar-refractivity contribution in [3.8, 4) is 0 Å². The molecule has 0 amide bonds. The van der Waals surface area contributed by atoms with Crippen molar-refractivity contribution in [2.24, 2.45) is 0 Å². The minimum absolute atomic E-state index is 0. The summed E-state index contributed by atoms with van der Waals surface area (Å²) < 4.78 is 34.1. The van der Waals surface area contributed by atoms with Gasteiger partial charge >= 0.3 is 0 Å². The van der Waals surface area contributed by atoms with Crippen LogP contribution in [0.4, 0.5) is 0 Å². The van der Waals surface area contributed by atoms with Crippen LogP contribution in [0.3, 0.4) is 0 Å². The molecule has 0 aliphatic carbocycles. The summed E-state index contributed by atoms with van der Waals surface area (Å²) in [5, 5.41) is 0. The van der Waals surface area contributed by atoms with Crippen LogP contribution in [0, 0.1) is 0 Å². The molecule has 0 saturated carbocycles. The summed E-state index contributed by atoms with van der Waals surface area (Å²) >= 11 is 0. The van der Waals surface area contributed by atoms with Crippen molar-refractivity contribution < 1.29 is 34.3 Å². The van der Waals surface area contributed by atoms with Gasteiger partial charge in [-0.1, -0.05) is 0 Å². The Labute approximate surface area is 57.6 Å². The molecule has 8 N–H and O–H groups in total. The Bertz CT molecular complexity index is 97.2. The second-order valence-electron chi connectivity index (χ2n) is 0.408.